The summed E-state index contributed by atoms with van der Waals surface area (Å²) in [7, 11) is 0. The first kappa shape index (κ1) is 17.0. The fourth-order valence-corrected chi connectivity index (χ4v) is 2.48. The van der Waals surface area contributed by atoms with Gasteiger partial charge in [-0.3, -0.25) is 0 Å². The first-order valence-electron chi connectivity index (χ1n) is 7.06. The number of thiophene rings is 1. The largest absolute Gasteiger partial charge is 0.444 e. The van der Waals surface area contributed by atoms with Gasteiger partial charge in [-0.1, -0.05) is 6.92 Å². The highest BCUT2D eigenvalue weighted by Gasteiger charge is 2.19. The van der Waals surface area contributed by atoms with Crippen LogP contribution in [-0.4, -0.2) is 24.3 Å². The Morgan fingerprint density at radius 3 is 2.65 bits per heavy atom. The first-order valence-corrected chi connectivity index (χ1v) is 8.01. The number of alkyl carbamates (subject to hydrolysis) is 1. The van der Waals surface area contributed by atoms with E-state index in [1.807, 2.05) is 20.8 Å². The Morgan fingerprint density at radius 1 is 1.45 bits per heavy atom. The van der Waals surface area contributed by atoms with Crippen molar-refractivity contribution in [1.29, 1.82) is 0 Å². The summed E-state index contributed by atoms with van der Waals surface area (Å²) in [5.74, 6) is 0. The lowest BCUT2D eigenvalue weighted by Gasteiger charge is -2.24. The third kappa shape index (κ3) is 6.39. The molecule has 2 atom stereocenters. The third-order valence-electron chi connectivity index (χ3n) is 2.93. The van der Waals surface area contributed by atoms with Gasteiger partial charge >= 0.3 is 6.09 Å². The van der Waals surface area contributed by atoms with Crippen molar-refractivity contribution in [2.24, 2.45) is 0 Å². The molecule has 114 valence electrons. The van der Waals surface area contributed by atoms with E-state index in [-0.39, 0.29) is 18.2 Å². The minimum absolute atomic E-state index is 0.0749. The molecule has 0 saturated heterocycles. The minimum Gasteiger partial charge on any atom is -0.444 e. The van der Waals surface area contributed by atoms with Crippen LogP contribution in [0.2, 0.25) is 0 Å². The third-order valence-corrected chi connectivity index (χ3v) is 3.63. The Balaban J connectivity index is 2.38. The summed E-state index contributed by atoms with van der Waals surface area (Å²) in [6, 6.07) is 2.48. The lowest BCUT2D eigenvalue weighted by Crippen LogP contribution is -2.44. The molecule has 20 heavy (non-hydrogen) atoms. The van der Waals surface area contributed by atoms with Gasteiger partial charge in [0.1, 0.15) is 5.60 Å². The molecule has 0 saturated carbocycles. The summed E-state index contributed by atoms with van der Waals surface area (Å²) >= 11 is 1.70. The van der Waals surface area contributed by atoms with Crippen LogP contribution in [0.15, 0.2) is 16.8 Å². The molecule has 0 bridgehead atoms. The molecule has 1 amide bonds. The van der Waals surface area contributed by atoms with E-state index in [9.17, 15) is 4.79 Å². The molecular formula is C15H26N2O2S. The maximum atomic E-state index is 11.7. The number of ether oxygens (including phenoxy) is 1. The second kappa shape index (κ2) is 7.64. The molecule has 0 radical (unpaired) electrons. The summed E-state index contributed by atoms with van der Waals surface area (Å²) in [6.07, 6.45) is 0.511. The smallest absolute Gasteiger partial charge is 0.407 e. The Labute approximate surface area is 125 Å². The predicted molar refractivity (Wildman–Crippen MR) is 84.2 cm³/mol. The summed E-state index contributed by atoms with van der Waals surface area (Å²) in [5, 5.41) is 10.6. The van der Waals surface area contributed by atoms with E-state index in [0.29, 0.717) is 0 Å². The highest BCUT2D eigenvalue weighted by Crippen LogP contribution is 2.15. The number of carbonyl (C=O) groups is 1. The SMILES string of the molecule is CCC(CNC(C)c1ccsc1)NC(=O)OC(C)(C)C. The quantitative estimate of drug-likeness (QED) is 0.842. The fourth-order valence-electron chi connectivity index (χ4n) is 1.73. The number of rotatable bonds is 6. The maximum absolute atomic E-state index is 11.7. The van der Waals surface area contributed by atoms with Crippen LogP contribution < -0.4 is 10.6 Å². The molecular weight excluding hydrogens is 272 g/mol. The summed E-state index contributed by atoms with van der Waals surface area (Å²) in [4.78, 5) is 11.7. The van der Waals surface area contributed by atoms with E-state index in [1.54, 1.807) is 11.3 Å². The van der Waals surface area contributed by atoms with E-state index >= 15 is 0 Å². The van der Waals surface area contributed by atoms with Gasteiger partial charge in [-0.25, -0.2) is 4.79 Å². The van der Waals surface area contributed by atoms with Crippen molar-refractivity contribution in [3.8, 4) is 0 Å². The zero-order valence-corrected chi connectivity index (χ0v) is 13.8. The Hall–Kier alpha value is -1.07. The average Bonchev–Trinajstić information content (AvgIpc) is 2.85. The molecule has 1 aromatic heterocycles. The standard InChI is InChI=1S/C15H26N2O2S/c1-6-13(17-14(18)19-15(3,4)5)9-16-11(2)12-7-8-20-10-12/h7-8,10-11,13,16H,6,9H2,1-5H3,(H,17,18). The normalized spacial score (nSPS) is 14.7. The van der Waals surface area contributed by atoms with Crippen LogP contribution in [0.5, 0.6) is 0 Å². The molecule has 1 heterocycles. The van der Waals surface area contributed by atoms with Gasteiger partial charge in [0.15, 0.2) is 0 Å². The van der Waals surface area contributed by atoms with Gasteiger partial charge in [-0.2, -0.15) is 11.3 Å². The first-order chi connectivity index (χ1) is 9.31. The molecule has 2 unspecified atom stereocenters. The second-order valence-electron chi connectivity index (χ2n) is 5.94. The molecule has 1 aromatic rings. The number of nitrogens with one attached hydrogen (secondary N) is 2. The number of amides is 1. The van der Waals surface area contributed by atoms with Crippen LogP contribution in [0, 0.1) is 0 Å². The minimum atomic E-state index is -0.459. The molecule has 2 N–H and O–H groups in total. The van der Waals surface area contributed by atoms with Crippen LogP contribution in [0.1, 0.15) is 52.6 Å². The van der Waals surface area contributed by atoms with Crippen LogP contribution >= 0.6 is 11.3 Å². The lowest BCUT2D eigenvalue weighted by atomic mass is 10.1. The van der Waals surface area contributed by atoms with Gasteiger partial charge < -0.3 is 15.4 Å². The van der Waals surface area contributed by atoms with Crippen LogP contribution in [0.25, 0.3) is 0 Å². The molecule has 1 rings (SSSR count). The molecule has 5 heteroatoms. The second-order valence-corrected chi connectivity index (χ2v) is 6.72. The monoisotopic (exact) mass is 298 g/mol. The summed E-state index contributed by atoms with van der Waals surface area (Å²) < 4.78 is 5.27. The number of hydrogen-bond acceptors (Lipinski definition) is 4. The van der Waals surface area contributed by atoms with Crippen molar-refractivity contribution in [3.05, 3.63) is 22.4 Å². The van der Waals surface area contributed by atoms with Crippen molar-refractivity contribution >= 4 is 17.4 Å². The van der Waals surface area contributed by atoms with Crippen molar-refractivity contribution in [2.75, 3.05) is 6.54 Å². The Kier molecular flexibility index (Phi) is 6.49. The molecule has 0 aliphatic rings. The number of carbonyl (C=O) groups excluding carboxylic acids is 1. The highest BCUT2D eigenvalue weighted by molar-refractivity contribution is 7.07. The van der Waals surface area contributed by atoms with Crippen LogP contribution in [-0.2, 0) is 4.74 Å². The zero-order valence-electron chi connectivity index (χ0n) is 13.0. The summed E-state index contributed by atoms with van der Waals surface area (Å²) in [6.45, 7) is 10.5. The predicted octanol–water partition coefficient (Wildman–Crippen LogP) is 3.70. The zero-order chi connectivity index (χ0) is 15.2. The van der Waals surface area contributed by atoms with Gasteiger partial charge in [-0.15, -0.1) is 0 Å². The molecule has 0 fully saturated rings. The van der Waals surface area contributed by atoms with Crippen LogP contribution in [0.3, 0.4) is 0 Å². The molecule has 0 aromatic carbocycles. The molecule has 0 aliphatic carbocycles. The topological polar surface area (TPSA) is 50.4 Å². The van der Waals surface area contributed by atoms with E-state index in [0.717, 1.165) is 13.0 Å². The van der Waals surface area contributed by atoms with Gasteiger partial charge in [0, 0.05) is 18.6 Å². The lowest BCUT2D eigenvalue weighted by molar-refractivity contribution is 0.0502. The maximum Gasteiger partial charge on any atom is 0.407 e. The fraction of sp³-hybridized carbons (Fsp3) is 0.667. The van der Waals surface area contributed by atoms with E-state index in [1.165, 1.54) is 5.56 Å². The Bertz CT molecular complexity index is 399. The van der Waals surface area contributed by atoms with Gasteiger partial charge in [0.25, 0.3) is 0 Å². The number of hydrogen-bond donors (Lipinski definition) is 2. The van der Waals surface area contributed by atoms with Crippen molar-refractivity contribution in [2.45, 2.75) is 58.7 Å². The molecule has 0 aliphatic heterocycles. The molecule has 4 nitrogen and oxygen atoms in total. The summed E-state index contributed by atoms with van der Waals surface area (Å²) in [5.41, 5.74) is 0.821. The van der Waals surface area contributed by atoms with E-state index in [4.69, 9.17) is 4.74 Å². The van der Waals surface area contributed by atoms with Gasteiger partial charge in [-0.05, 0) is 56.5 Å². The van der Waals surface area contributed by atoms with Gasteiger partial charge in [0.05, 0.1) is 0 Å². The highest BCUT2D eigenvalue weighted by atomic mass is 32.1. The Morgan fingerprint density at radius 2 is 2.15 bits per heavy atom. The average molecular weight is 298 g/mol. The van der Waals surface area contributed by atoms with Gasteiger partial charge in [0.2, 0.25) is 0 Å². The van der Waals surface area contributed by atoms with Crippen LogP contribution in [0.4, 0.5) is 4.79 Å². The van der Waals surface area contributed by atoms with E-state index in [2.05, 4.69) is 41.3 Å². The van der Waals surface area contributed by atoms with Crippen molar-refractivity contribution in [3.63, 3.8) is 0 Å². The van der Waals surface area contributed by atoms with Crippen molar-refractivity contribution < 1.29 is 9.53 Å². The van der Waals surface area contributed by atoms with E-state index < -0.39 is 5.60 Å². The van der Waals surface area contributed by atoms with Crippen molar-refractivity contribution in [1.82, 2.24) is 10.6 Å². The molecule has 0 spiro atoms.